The molecule has 0 unspecified atom stereocenters. The average Bonchev–Trinajstić information content (AvgIpc) is 2.94. The molecule has 4 nitrogen and oxygen atoms in total. The maximum absolute atomic E-state index is 15.3. The Balaban J connectivity index is 1.70. The summed E-state index contributed by atoms with van der Waals surface area (Å²) in [5, 5.41) is 25.5. The fraction of sp³-hybridized carbons (Fsp3) is 0.400. The first-order valence-electron chi connectivity index (χ1n) is 13.1. The molecule has 1 heterocycles. The number of aliphatic hydroxyl groups is 1. The van der Waals surface area contributed by atoms with E-state index >= 15 is 8.78 Å². The molecule has 0 saturated carbocycles. The van der Waals surface area contributed by atoms with E-state index in [2.05, 4.69) is 0 Å². The van der Waals surface area contributed by atoms with Crippen LogP contribution in [0.1, 0.15) is 54.0 Å². The van der Waals surface area contributed by atoms with Crippen molar-refractivity contribution in [3.63, 3.8) is 0 Å². The first-order chi connectivity index (χ1) is 18.8. The Labute approximate surface area is 229 Å². The zero-order valence-electron chi connectivity index (χ0n) is 22.5. The molecule has 10 heteroatoms. The molecule has 40 heavy (non-hydrogen) atoms. The van der Waals surface area contributed by atoms with Gasteiger partial charge in [-0.3, -0.25) is 0 Å². The molecular weight excluding hydrogens is 536 g/mol. The van der Waals surface area contributed by atoms with Crippen molar-refractivity contribution in [1.82, 2.24) is 0 Å². The lowest BCUT2D eigenvalue weighted by Crippen LogP contribution is -2.52. The molecule has 0 atom stereocenters. The van der Waals surface area contributed by atoms with E-state index < -0.39 is 73.3 Å². The SMILES string of the molecule is CCCOc1ccc(C[N+]2([O-])CCC(C(O)(c3cc(F)c(C)c(F)c3F)c3cc(F)c(C)c(F)c3F)CC2)cc1. The fourth-order valence-corrected chi connectivity index (χ4v) is 5.37. The molecule has 0 radical (unpaired) electrons. The summed E-state index contributed by atoms with van der Waals surface area (Å²) in [6.07, 6.45) is 0.545. The number of piperidine rings is 1. The Morgan fingerprint density at radius 2 is 1.32 bits per heavy atom. The summed E-state index contributed by atoms with van der Waals surface area (Å²) in [4.78, 5) is 0. The van der Waals surface area contributed by atoms with Gasteiger partial charge < -0.3 is 19.7 Å². The van der Waals surface area contributed by atoms with E-state index in [1.54, 1.807) is 24.3 Å². The molecule has 1 N–H and O–H groups in total. The molecular formula is C30H31F6NO3. The van der Waals surface area contributed by atoms with E-state index in [0.717, 1.165) is 25.8 Å². The smallest absolute Gasteiger partial charge is 0.165 e. The Kier molecular flexibility index (Phi) is 8.54. The van der Waals surface area contributed by atoms with Crippen molar-refractivity contribution in [2.45, 2.75) is 52.2 Å². The average molecular weight is 568 g/mol. The van der Waals surface area contributed by atoms with Crippen molar-refractivity contribution >= 4 is 0 Å². The van der Waals surface area contributed by atoms with E-state index in [1.165, 1.54) is 0 Å². The van der Waals surface area contributed by atoms with Gasteiger partial charge in [-0.05, 0) is 56.7 Å². The molecule has 3 aromatic carbocycles. The third-order valence-electron chi connectivity index (χ3n) is 7.82. The van der Waals surface area contributed by atoms with Crippen LogP contribution in [0.2, 0.25) is 0 Å². The van der Waals surface area contributed by atoms with Crippen molar-refractivity contribution in [3.8, 4) is 5.75 Å². The maximum Gasteiger partial charge on any atom is 0.165 e. The van der Waals surface area contributed by atoms with Crippen LogP contribution in [-0.2, 0) is 12.1 Å². The third-order valence-corrected chi connectivity index (χ3v) is 7.82. The number of hydroxylamine groups is 3. The molecule has 0 aliphatic carbocycles. The van der Waals surface area contributed by atoms with Gasteiger partial charge in [-0.15, -0.1) is 0 Å². The van der Waals surface area contributed by atoms with Crippen LogP contribution in [0.15, 0.2) is 36.4 Å². The molecule has 216 valence electrons. The summed E-state index contributed by atoms with van der Waals surface area (Å²) >= 11 is 0. The number of quaternary nitrogens is 1. The Morgan fingerprint density at radius 1 is 0.850 bits per heavy atom. The van der Waals surface area contributed by atoms with Crippen LogP contribution in [0.25, 0.3) is 0 Å². The number of nitrogens with zero attached hydrogens (tertiary/aromatic N) is 1. The van der Waals surface area contributed by atoms with Crippen molar-refractivity contribution in [1.29, 1.82) is 0 Å². The second-order valence-electron chi connectivity index (χ2n) is 10.5. The van der Waals surface area contributed by atoms with Gasteiger partial charge in [0, 0.05) is 46.6 Å². The van der Waals surface area contributed by atoms with E-state index in [1.807, 2.05) is 6.92 Å². The highest BCUT2D eigenvalue weighted by atomic mass is 19.2. The lowest BCUT2D eigenvalue weighted by atomic mass is 9.71. The molecule has 1 fully saturated rings. The molecule has 0 aromatic heterocycles. The van der Waals surface area contributed by atoms with Gasteiger partial charge in [0.25, 0.3) is 0 Å². The molecule has 0 bridgehead atoms. The first-order valence-corrected chi connectivity index (χ1v) is 13.1. The van der Waals surface area contributed by atoms with Crippen molar-refractivity contribution < 1.29 is 40.8 Å². The van der Waals surface area contributed by atoms with Gasteiger partial charge in [0.2, 0.25) is 0 Å². The molecule has 1 saturated heterocycles. The van der Waals surface area contributed by atoms with Crippen LogP contribution in [-0.4, -0.2) is 29.4 Å². The lowest BCUT2D eigenvalue weighted by molar-refractivity contribution is -0.900. The van der Waals surface area contributed by atoms with E-state index in [4.69, 9.17) is 4.74 Å². The highest BCUT2D eigenvalue weighted by molar-refractivity contribution is 5.43. The van der Waals surface area contributed by atoms with Crippen LogP contribution >= 0.6 is 0 Å². The topological polar surface area (TPSA) is 52.5 Å². The predicted molar refractivity (Wildman–Crippen MR) is 137 cm³/mol. The number of likely N-dealkylation sites (tertiary alicyclic amines) is 1. The van der Waals surface area contributed by atoms with Crippen molar-refractivity contribution in [2.75, 3.05) is 19.7 Å². The van der Waals surface area contributed by atoms with Gasteiger partial charge in [0.15, 0.2) is 23.3 Å². The van der Waals surface area contributed by atoms with Gasteiger partial charge in [0.1, 0.15) is 29.5 Å². The minimum absolute atomic E-state index is 0.0590. The van der Waals surface area contributed by atoms with E-state index in [9.17, 15) is 27.9 Å². The van der Waals surface area contributed by atoms with Crippen LogP contribution < -0.4 is 4.74 Å². The fourth-order valence-electron chi connectivity index (χ4n) is 5.37. The summed E-state index contributed by atoms with van der Waals surface area (Å²) in [6.45, 7) is 4.30. The van der Waals surface area contributed by atoms with Crippen LogP contribution in [0, 0.1) is 59.9 Å². The lowest BCUT2D eigenvalue weighted by Gasteiger charge is -2.50. The number of rotatable bonds is 8. The zero-order chi connectivity index (χ0) is 29.4. The van der Waals surface area contributed by atoms with Crippen LogP contribution in [0.5, 0.6) is 5.75 Å². The summed E-state index contributed by atoms with van der Waals surface area (Å²) in [5.41, 5.74) is -5.48. The predicted octanol–water partition coefficient (Wildman–Crippen LogP) is 7.09. The van der Waals surface area contributed by atoms with Gasteiger partial charge in [-0.25, -0.2) is 26.3 Å². The Hall–Kier alpha value is -3.08. The molecule has 0 amide bonds. The first kappa shape index (κ1) is 29.9. The summed E-state index contributed by atoms with van der Waals surface area (Å²) in [5.74, 6) is -9.54. The van der Waals surface area contributed by atoms with Gasteiger partial charge in [-0.1, -0.05) is 6.92 Å². The second-order valence-corrected chi connectivity index (χ2v) is 10.5. The van der Waals surface area contributed by atoms with Crippen molar-refractivity contribution in [3.05, 3.63) is 104 Å². The largest absolute Gasteiger partial charge is 0.633 e. The van der Waals surface area contributed by atoms with Crippen LogP contribution in [0.3, 0.4) is 0 Å². The van der Waals surface area contributed by atoms with Crippen molar-refractivity contribution in [2.24, 2.45) is 5.92 Å². The minimum atomic E-state index is -2.87. The highest BCUT2D eigenvalue weighted by Crippen LogP contribution is 2.46. The second kappa shape index (κ2) is 11.4. The quantitative estimate of drug-likeness (QED) is 0.137. The van der Waals surface area contributed by atoms with E-state index in [-0.39, 0.29) is 32.5 Å². The van der Waals surface area contributed by atoms with Gasteiger partial charge >= 0.3 is 0 Å². The van der Waals surface area contributed by atoms with E-state index in [0.29, 0.717) is 24.5 Å². The number of hydrogen-bond donors (Lipinski definition) is 1. The highest BCUT2D eigenvalue weighted by Gasteiger charge is 2.48. The maximum atomic E-state index is 15.3. The standard InChI is InChI=1S/C30H31F6NO3/c1-4-13-40-21-7-5-19(6-8-21)16-37(39)11-9-20(10-12-37)30(38,22-14-24(31)17(2)26(33)28(22)35)23-15-25(32)18(3)27(34)29(23)36/h5-8,14-15,20,38H,4,9-13,16H2,1-3H3. The molecule has 4 rings (SSSR count). The molecule has 1 aliphatic heterocycles. The summed E-state index contributed by atoms with van der Waals surface area (Å²) in [7, 11) is 0. The Bertz CT molecular complexity index is 1320. The number of benzene rings is 3. The number of halogens is 6. The van der Waals surface area contributed by atoms with Crippen LogP contribution in [0.4, 0.5) is 26.3 Å². The van der Waals surface area contributed by atoms with Gasteiger partial charge in [-0.2, -0.15) is 0 Å². The molecule has 0 spiro atoms. The normalized spacial score (nSPS) is 19.6. The third kappa shape index (κ3) is 5.44. The Morgan fingerprint density at radius 3 is 1.77 bits per heavy atom. The zero-order valence-corrected chi connectivity index (χ0v) is 22.5. The summed E-state index contributed by atoms with van der Waals surface area (Å²) in [6, 6.07) is 8.03. The number of hydrogen-bond acceptors (Lipinski definition) is 3. The minimum Gasteiger partial charge on any atom is -0.633 e. The number of ether oxygens (including phenoxy) is 1. The summed E-state index contributed by atoms with van der Waals surface area (Å²) < 4.78 is 93.8. The monoisotopic (exact) mass is 567 g/mol. The molecule has 1 aliphatic rings. The van der Waals surface area contributed by atoms with Gasteiger partial charge in [0.05, 0.1) is 19.7 Å². The molecule has 3 aromatic rings.